The Morgan fingerprint density at radius 1 is 1.25 bits per heavy atom. The van der Waals surface area contributed by atoms with Crippen LogP contribution in [0.3, 0.4) is 0 Å². The van der Waals surface area contributed by atoms with Gasteiger partial charge in [0.2, 0.25) is 0 Å². The summed E-state index contributed by atoms with van der Waals surface area (Å²) in [4.78, 5) is -0.404. The van der Waals surface area contributed by atoms with E-state index in [1.54, 1.807) is 7.05 Å². The summed E-state index contributed by atoms with van der Waals surface area (Å²) < 4.78 is 52.0. The van der Waals surface area contributed by atoms with E-state index in [4.69, 9.17) is 0 Å². The molecule has 0 bridgehead atoms. The lowest BCUT2D eigenvalue weighted by atomic mass is 9.87. The Labute approximate surface area is 118 Å². The van der Waals surface area contributed by atoms with Crippen molar-refractivity contribution >= 4 is 9.84 Å². The average Bonchev–Trinajstić information content (AvgIpc) is 2.38. The number of halogens is 2. The highest BCUT2D eigenvalue weighted by Gasteiger charge is 2.39. The van der Waals surface area contributed by atoms with Crippen molar-refractivity contribution in [3.8, 4) is 0 Å². The summed E-state index contributed by atoms with van der Waals surface area (Å²) in [7, 11) is -2.10. The summed E-state index contributed by atoms with van der Waals surface area (Å²) in [6.45, 7) is 2.00. The molecule has 0 heterocycles. The molecule has 3 unspecified atom stereocenters. The standard InChI is InChI=1S/C14H19F2NO2S/c1-9-3-5-12(17-2)14(7-9)20(18,19)13-6-4-10(15)8-11(13)16/h4,6,8-9,12,14,17H,3,5,7H2,1-2H3. The van der Waals surface area contributed by atoms with Crippen molar-refractivity contribution in [3.05, 3.63) is 29.8 Å². The van der Waals surface area contributed by atoms with Gasteiger partial charge in [0.25, 0.3) is 0 Å². The number of rotatable bonds is 3. The minimum atomic E-state index is -3.81. The zero-order valence-corrected chi connectivity index (χ0v) is 12.4. The molecule has 3 atom stereocenters. The molecule has 112 valence electrons. The van der Waals surface area contributed by atoms with Crippen LogP contribution in [0.2, 0.25) is 0 Å². The molecule has 1 aliphatic rings. The van der Waals surface area contributed by atoms with E-state index in [2.05, 4.69) is 5.32 Å². The lowest BCUT2D eigenvalue weighted by Gasteiger charge is -2.34. The number of hydrogen-bond donors (Lipinski definition) is 1. The van der Waals surface area contributed by atoms with Crippen LogP contribution in [-0.2, 0) is 9.84 Å². The van der Waals surface area contributed by atoms with E-state index in [0.29, 0.717) is 12.5 Å². The highest BCUT2D eigenvalue weighted by atomic mass is 32.2. The molecule has 6 heteroatoms. The molecule has 0 saturated heterocycles. The monoisotopic (exact) mass is 303 g/mol. The summed E-state index contributed by atoms with van der Waals surface area (Å²) in [6, 6.07) is 2.43. The van der Waals surface area contributed by atoms with Gasteiger partial charge in [-0.1, -0.05) is 6.92 Å². The molecule has 0 aromatic heterocycles. The van der Waals surface area contributed by atoms with Gasteiger partial charge in [-0.15, -0.1) is 0 Å². The third-order valence-electron chi connectivity index (χ3n) is 4.02. The lowest BCUT2D eigenvalue weighted by Crippen LogP contribution is -2.46. The normalized spacial score (nSPS) is 27.5. The topological polar surface area (TPSA) is 46.2 Å². The smallest absolute Gasteiger partial charge is 0.185 e. The third-order valence-corrected chi connectivity index (χ3v) is 6.29. The first-order valence-corrected chi connectivity index (χ1v) is 8.27. The van der Waals surface area contributed by atoms with Crippen LogP contribution in [0.4, 0.5) is 8.78 Å². The molecule has 1 aromatic carbocycles. The number of benzene rings is 1. The van der Waals surface area contributed by atoms with E-state index in [-0.39, 0.29) is 12.0 Å². The second-order valence-corrected chi connectivity index (χ2v) is 7.61. The van der Waals surface area contributed by atoms with Gasteiger partial charge in [0.05, 0.1) is 5.25 Å². The predicted octanol–water partition coefficient (Wildman–Crippen LogP) is 2.52. The first-order chi connectivity index (χ1) is 9.36. The van der Waals surface area contributed by atoms with Gasteiger partial charge in [0.1, 0.15) is 16.5 Å². The van der Waals surface area contributed by atoms with Crippen LogP contribution in [-0.4, -0.2) is 26.8 Å². The van der Waals surface area contributed by atoms with E-state index in [0.717, 1.165) is 25.0 Å². The van der Waals surface area contributed by atoms with Crippen LogP contribution in [0.15, 0.2) is 23.1 Å². The largest absolute Gasteiger partial charge is 0.316 e. The van der Waals surface area contributed by atoms with Crippen molar-refractivity contribution in [3.63, 3.8) is 0 Å². The van der Waals surface area contributed by atoms with Gasteiger partial charge < -0.3 is 5.32 Å². The molecule has 3 nitrogen and oxygen atoms in total. The van der Waals surface area contributed by atoms with E-state index in [1.165, 1.54) is 0 Å². The number of nitrogens with one attached hydrogen (secondary N) is 1. The van der Waals surface area contributed by atoms with Gasteiger partial charge in [0, 0.05) is 12.1 Å². The number of hydrogen-bond acceptors (Lipinski definition) is 3. The Morgan fingerprint density at radius 3 is 2.55 bits per heavy atom. The number of sulfone groups is 1. The van der Waals surface area contributed by atoms with Crippen molar-refractivity contribution < 1.29 is 17.2 Å². The molecule has 1 N–H and O–H groups in total. The molecule has 1 aliphatic carbocycles. The Bertz CT molecular complexity index is 589. The molecule has 1 aromatic rings. The fraction of sp³-hybridized carbons (Fsp3) is 0.571. The van der Waals surface area contributed by atoms with Gasteiger partial charge in [-0.2, -0.15) is 0 Å². The predicted molar refractivity (Wildman–Crippen MR) is 73.2 cm³/mol. The Hall–Kier alpha value is -1.01. The minimum absolute atomic E-state index is 0.194. The van der Waals surface area contributed by atoms with Gasteiger partial charge in [-0.3, -0.25) is 0 Å². The molecule has 2 rings (SSSR count). The summed E-state index contributed by atoms with van der Waals surface area (Å²) in [5.74, 6) is -1.51. The summed E-state index contributed by atoms with van der Waals surface area (Å²) in [6.07, 6.45) is 2.18. The van der Waals surface area contributed by atoms with Gasteiger partial charge >= 0.3 is 0 Å². The first kappa shape index (κ1) is 15.4. The molecule has 0 spiro atoms. The van der Waals surface area contributed by atoms with Crippen LogP contribution in [0.25, 0.3) is 0 Å². The van der Waals surface area contributed by atoms with Crippen LogP contribution in [0, 0.1) is 17.6 Å². The Balaban J connectivity index is 2.42. The van der Waals surface area contributed by atoms with E-state index < -0.39 is 31.6 Å². The maximum atomic E-state index is 13.8. The quantitative estimate of drug-likeness (QED) is 0.873. The van der Waals surface area contributed by atoms with Crippen LogP contribution in [0.1, 0.15) is 26.2 Å². The zero-order chi connectivity index (χ0) is 14.9. The van der Waals surface area contributed by atoms with Crippen molar-refractivity contribution in [1.29, 1.82) is 0 Å². The second kappa shape index (κ2) is 5.77. The molecule has 20 heavy (non-hydrogen) atoms. The molecule has 0 amide bonds. The SMILES string of the molecule is CNC1CCC(C)CC1S(=O)(=O)c1ccc(F)cc1F. The van der Waals surface area contributed by atoms with Crippen molar-refractivity contribution in [2.45, 2.75) is 42.4 Å². The molecule has 1 fully saturated rings. The second-order valence-electron chi connectivity index (χ2n) is 5.47. The molecule has 0 aliphatic heterocycles. The summed E-state index contributed by atoms with van der Waals surface area (Å²) in [5, 5.41) is 2.34. The molecular weight excluding hydrogens is 284 g/mol. The van der Waals surface area contributed by atoms with E-state index in [1.807, 2.05) is 6.92 Å². The van der Waals surface area contributed by atoms with Gasteiger partial charge in [-0.25, -0.2) is 17.2 Å². The summed E-state index contributed by atoms with van der Waals surface area (Å²) in [5.41, 5.74) is 0. The Morgan fingerprint density at radius 2 is 1.95 bits per heavy atom. The van der Waals surface area contributed by atoms with Gasteiger partial charge in [0.15, 0.2) is 9.84 Å². The molecular formula is C14H19F2NO2S. The van der Waals surface area contributed by atoms with Crippen molar-refractivity contribution in [2.24, 2.45) is 5.92 Å². The van der Waals surface area contributed by atoms with E-state index in [9.17, 15) is 17.2 Å². The molecule has 1 saturated carbocycles. The average molecular weight is 303 g/mol. The highest BCUT2D eigenvalue weighted by molar-refractivity contribution is 7.92. The van der Waals surface area contributed by atoms with Crippen LogP contribution in [0.5, 0.6) is 0 Å². The van der Waals surface area contributed by atoms with Crippen LogP contribution >= 0.6 is 0 Å². The zero-order valence-electron chi connectivity index (χ0n) is 11.6. The highest BCUT2D eigenvalue weighted by Crippen LogP contribution is 2.33. The van der Waals surface area contributed by atoms with Gasteiger partial charge in [-0.05, 0) is 44.4 Å². The van der Waals surface area contributed by atoms with Crippen molar-refractivity contribution in [1.82, 2.24) is 5.32 Å². The van der Waals surface area contributed by atoms with Crippen LogP contribution < -0.4 is 5.32 Å². The Kier molecular flexibility index (Phi) is 4.44. The maximum absolute atomic E-state index is 13.8. The van der Waals surface area contributed by atoms with Crippen molar-refractivity contribution in [2.75, 3.05) is 7.05 Å². The maximum Gasteiger partial charge on any atom is 0.185 e. The first-order valence-electron chi connectivity index (χ1n) is 6.72. The molecule has 0 radical (unpaired) electrons. The fourth-order valence-electron chi connectivity index (χ4n) is 2.87. The summed E-state index contributed by atoms with van der Waals surface area (Å²) >= 11 is 0. The fourth-order valence-corrected chi connectivity index (χ4v) is 5.07. The lowest BCUT2D eigenvalue weighted by molar-refractivity contribution is 0.319. The van der Waals surface area contributed by atoms with E-state index >= 15 is 0 Å². The minimum Gasteiger partial charge on any atom is -0.316 e. The third kappa shape index (κ3) is 2.86.